The maximum atomic E-state index is 12.4. The van der Waals surface area contributed by atoms with Crippen LogP contribution in [0, 0.1) is 23.2 Å². The van der Waals surface area contributed by atoms with Crippen molar-refractivity contribution in [1.29, 1.82) is 0 Å². The first-order valence-corrected chi connectivity index (χ1v) is 7.33. The fourth-order valence-electron chi connectivity index (χ4n) is 4.00. The Kier molecular flexibility index (Phi) is 2.95. The van der Waals surface area contributed by atoms with E-state index in [9.17, 15) is 4.79 Å². The molecule has 1 aliphatic heterocycles. The maximum absolute atomic E-state index is 12.4. The van der Waals surface area contributed by atoms with Crippen molar-refractivity contribution in [1.82, 2.24) is 4.90 Å². The van der Waals surface area contributed by atoms with Crippen LogP contribution in [0.2, 0.25) is 0 Å². The van der Waals surface area contributed by atoms with E-state index in [-0.39, 0.29) is 5.41 Å². The average Bonchev–Trinajstić information content (AvgIpc) is 2.90. The van der Waals surface area contributed by atoms with Crippen LogP contribution in [0.4, 0.5) is 0 Å². The third-order valence-corrected chi connectivity index (χ3v) is 5.60. The zero-order valence-corrected chi connectivity index (χ0v) is 11.5. The topological polar surface area (TPSA) is 78.9 Å². The molecule has 3 rings (SSSR count). The lowest BCUT2D eigenvalue weighted by Crippen LogP contribution is -2.48. The molecule has 3 N–H and O–H groups in total. The molecule has 2 unspecified atom stereocenters. The summed E-state index contributed by atoms with van der Waals surface area (Å²) in [6.07, 6.45) is 5.38. The summed E-state index contributed by atoms with van der Waals surface area (Å²) < 4.78 is 0. The highest BCUT2D eigenvalue weighted by atomic mass is 16.4. The van der Waals surface area contributed by atoms with Gasteiger partial charge < -0.3 is 15.8 Å². The minimum absolute atomic E-state index is 0.259. The van der Waals surface area contributed by atoms with Crippen LogP contribution in [0.15, 0.2) is 5.16 Å². The van der Waals surface area contributed by atoms with Crippen molar-refractivity contribution < 1.29 is 10.0 Å². The van der Waals surface area contributed by atoms with E-state index in [0.717, 1.165) is 25.9 Å². The fraction of sp³-hybridized carbons (Fsp3) is 0.857. The summed E-state index contributed by atoms with van der Waals surface area (Å²) >= 11 is 0. The number of piperidine rings is 1. The van der Waals surface area contributed by atoms with Gasteiger partial charge >= 0.3 is 0 Å². The molecule has 0 spiro atoms. The maximum Gasteiger partial charge on any atom is 0.226 e. The monoisotopic (exact) mass is 265 g/mol. The summed E-state index contributed by atoms with van der Waals surface area (Å²) in [7, 11) is 0. The Balaban J connectivity index is 1.57. The molecule has 3 aliphatic rings. The quantitative estimate of drug-likeness (QED) is 0.343. The first-order valence-electron chi connectivity index (χ1n) is 7.33. The highest BCUT2D eigenvalue weighted by Gasteiger charge is 2.57. The lowest BCUT2D eigenvalue weighted by Gasteiger charge is -2.38. The zero-order valence-electron chi connectivity index (χ0n) is 11.5. The Hall–Kier alpha value is -1.26. The Labute approximate surface area is 113 Å². The third kappa shape index (κ3) is 1.99. The summed E-state index contributed by atoms with van der Waals surface area (Å²) in [5.74, 6) is 2.34. The predicted octanol–water partition coefficient (Wildman–Crippen LogP) is 1.41. The van der Waals surface area contributed by atoms with Crippen molar-refractivity contribution in [2.45, 2.75) is 39.0 Å². The van der Waals surface area contributed by atoms with E-state index in [1.807, 2.05) is 11.8 Å². The standard InChI is InChI=1S/C14H23N3O2/c1-14(13(15)16-19)5-7-17(8-6-14)12(18)11-9-3-2-4-10(9)11/h9-11,19H,2-8H2,1H3,(H2,15,16). The number of amides is 1. The van der Waals surface area contributed by atoms with Crippen molar-refractivity contribution >= 4 is 11.7 Å². The molecule has 106 valence electrons. The van der Waals surface area contributed by atoms with E-state index in [1.165, 1.54) is 19.3 Å². The van der Waals surface area contributed by atoms with Gasteiger partial charge in [0.05, 0.1) is 0 Å². The lowest BCUT2D eigenvalue weighted by molar-refractivity contribution is -0.135. The second-order valence-electron chi connectivity index (χ2n) is 6.66. The average molecular weight is 265 g/mol. The molecule has 0 aromatic carbocycles. The van der Waals surface area contributed by atoms with Crippen LogP contribution in [0.1, 0.15) is 39.0 Å². The number of hydrogen-bond donors (Lipinski definition) is 2. The number of fused-ring (bicyclic) bond motifs is 1. The summed E-state index contributed by atoms with van der Waals surface area (Å²) in [4.78, 5) is 14.4. The molecule has 3 fully saturated rings. The molecule has 1 saturated heterocycles. The molecule has 2 saturated carbocycles. The van der Waals surface area contributed by atoms with Crippen molar-refractivity contribution in [3.05, 3.63) is 0 Å². The molecule has 0 radical (unpaired) electrons. The number of hydrogen-bond acceptors (Lipinski definition) is 3. The molecule has 2 aliphatic carbocycles. The summed E-state index contributed by atoms with van der Waals surface area (Å²) in [6.45, 7) is 3.48. The molecular formula is C14H23N3O2. The molecule has 5 heteroatoms. The number of amidine groups is 1. The molecule has 5 nitrogen and oxygen atoms in total. The van der Waals surface area contributed by atoms with E-state index in [1.54, 1.807) is 0 Å². The molecule has 0 bridgehead atoms. The second-order valence-corrected chi connectivity index (χ2v) is 6.66. The molecule has 1 heterocycles. The van der Waals surface area contributed by atoms with Gasteiger partial charge in [0, 0.05) is 24.4 Å². The zero-order chi connectivity index (χ0) is 13.6. The van der Waals surface area contributed by atoms with Crippen LogP contribution in [0.3, 0.4) is 0 Å². The van der Waals surface area contributed by atoms with E-state index in [0.29, 0.717) is 29.5 Å². The Morgan fingerprint density at radius 1 is 1.32 bits per heavy atom. The fourth-order valence-corrected chi connectivity index (χ4v) is 4.00. The van der Waals surface area contributed by atoms with Crippen molar-refractivity contribution in [2.75, 3.05) is 13.1 Å². The van der Waals surface area contributed by atoms with Gasteiger partial charge in [-0.15, -0.1) is 0 Å². The second kappa shape index (κ2) is 4.39. The predicted molar refractivity (Wildman–Crippen MR) is 71.7 cm³/mol. The normalized spacial score (nSPS) is 37.0. The van der Waals surface area contributed by atoms with Crippen LogP contribution in [-0.2, 0) is 4.79 Å². The Morgan fingerprint density at radius 3 is 2.42 bits per heavy atom. The molecule has 0 aromatic heterocycles. The van der Waals surface area contributed by atoms with Gasteiger partial charge in [0.1, 0.15) is 5.84 Å². The van der Waals surface area contributed by atoms with Crippen LogP contribution >= 0.6 is 0 Å². The first kappa shape index (κ1) is 12.8. The Bertz CT molecular complexity index is 403. The third-order valence-electron chi connectivity index (χ3n) is 5.60. The Morgan fingerprint density at radius 2 is 1.89 bits per heavy atom. The summed E-state index contributed by atoms with van der Waals surface area (Å²) in [5.41, 5.74) is 5.49. The van der Waals surface area contributed by atoms with Gasteiger partial charge in [-0.1, -0.05) is 18.5 Å². The van der Waals surface area contributed by atoms with Gasteiger partial charge in [-0.3, -0.25) is 4.79 Å². The van der Waals surface area contributed by atoms with Crippen LogP contribution in [0.25, 0.3) is 0 Å². The van der Waals surface area contributed by atoms with Crippen molar-refractivity contribution in [2.24, 2.45) is 34.1 Å². The first-order chi connectivity index (χ1) is 9.07. The van der Waals surface area contributed by atoms with E-state index < -0.39 is 0 Å². The van der Waals surface area contributed by atoms with Crippen LogP contribution < -0.4 is 5.73 Å². The van der Waals surface area contributed by atoms with Gasteiger partial charge in [0.2, 0.25) is 5.91 Å². The summed E-state index contributed by atoms with van der Waals surface area (Å²) in [5, 5.41) is 12.0. The minimum Gasteiger partial charge on any atom is -0.409 e. The van der Waals surface area contributed by atoms with Crippen LogP contribution in [0.5, 0.6) is 0 Å². The highest BCUT2D eigenvalue weighted by Crippen LogP contribution is 2.58. The van der Waals surface area contributed by atoms with Gasteiger partial charge in [0.25, 0.3) is 0 Å². The largest absolute Gasteiger partial charge is 0.409 e. The number of oxime groups is 1. The number of likely N-dealkylation sites (tertiary alicyclic amines) is 1. The van der Waals surface area contributed by atoms with Gasteiger partial charge in [-0.05, 0) is 37.5 Å². The molecule has 1 amide bonds. The number of rotatable bonds is 2. The van der Waals surface area contributed by atoms with Gasteiger partial charge in [-0.25, -0.2) is 0 Å². The van der Waals surface area contributed by atoms with E-state index in [4.69, 9.17) is 10.9 Å². The number of nitrogens with zero attached hydrogens (tertiary/aromatic N) is 2. The molecular weight excluding hydrogens is 242 g/mol. The van der Waals surface area contributed by atoms with Crippen molar-refractivity contribution in [3.63, 3.8) is 0 Å². The highest BCUT2D eigenvalue weighted by molar-refractivity contribution is 5.87. The number of carbonyl (C=O) groups is 1. The molecule has 2 atom stereocenters. The van der Waals surface area contributed by atoms with Gasteiger partial charge in [-0.2, -0.15) is 0 Å². The van der Waals surface area contributed by atoms with E-state index in [2.05, 4.69) is 5.16 Å². The van der Waals surface area contributed by atoms with Crippen molar-refractivity contribution in [3.8, 4) is 0 Å². The minimum atomic E-state index is -0.259. The van der Waals surface area contributed by atoms with Crippen LogP contribution in [-0.4, -0.2) is 34.9 Å². The number of carbonyl (C=O) groups excluding carboxylic acids is 1. The lowest BCUT2D eigenvalue weighted by atomic mass is 9.79. The van der Waals surface area contributed by atoms with E-state index >= 15 is 0 Å². The summed E-state index contributed by atoms with van der Waals surface area (Å²) in [6, 6.07) is 0. The smallest absolute Gasteiger partial charge is 0.226 e. The van der Waals surface area contributed by atoms with Gasteiger partial charge in [0.15, 0.2) is 0 Å². The molecule has 19 heavy (non-hydrogen) atoms. The molecule has 0 aromatic rings. The SMILES string of the molecule is CC1(C(N)=NO)CCN(C(=O)C2C3CCCC32)CC1. The number of nitrogens with two attached hydrogens (primary N) is 1.